The standard InChI is InChI=1S/C21H26N6O10/c28-13(2-1-9-26-17(32)3-4-18(26)33)23-11-15(30)25-12-16(31)24-10-14(29)22-8-7-21(36)37-27-19(34)5-6-20(27)35/h3-4H,1-2,5-12H2,(H4,22,23,24,25,28,29,30,31)/p+1. The molecule has 0 fully saturated rings. The van der Waals surface area contributed by atoms with E-state index in [4.69, 9.17) is 4.84 Å². The summed E-state index contributed by atoms with van der Waals surface area (Å²) in [5, 5.41) is 18.6. The molecule has 0 aromatic carbocycles. The highest BCUT2D eigenvalue weighted by Gasteiger charge is 2.36. The van der Waals surface area contributed by atoms with Gasteiger partial charge in [-0.25, -0.2) is 9.59 Å². The van der Waals surface area contributed by atoms with Crippen LogP contribution in [0.4, 0.5) is 0 Å². The van der Waals surface area contributed by atoms with Crippen molar-refractivity contribution in [3.8, 4) is 0 Å². The molecule has 37 heavy (non-hydrogen) atoms. The maximum atomic E-state index is 11.8. The van der Waals surface area contributed by atoms with Gasteiger partial charge < -0.3 is 26.4 Å². The first-order valence-corrected chi connectivity index (χ1v) is 11.3. The molecule has 0 aromatic rings. The largest absolute Gasteiger partial charge is 0.460 e. The van der Waals surface area contributed by atoms with Crippen LogP contribution in [0.5, 0.6) is 0 Å². The Labute approximate surface area is 210 Å². The van der Waals surface area contributed by atoms with Gasteiger partial charge in [0, 0.05) is 31.7 Å². The molecule has 0 spiro atoms. The molecule has 0 unspecified atom stereocenters. The Morgan fingerprint density at radius 2 is 1.35 bits per heavy atom. The minimum absolute atomic E-state index is 0.0189. The number of carbonyl (C=O) groups excluding carboxylic acids is 8. The van der Waals surface area contributed by atoms with Crippen molar-refractivity contribution >= 4 is 53.2 Å². The van der Waals surface area contributed by atoms with E-state index in [1.54, 1.807) is 0 Å². The average molecular weight is 523 g/mol. The van der Waals surface area contributed by atoms with E-state index < -0.39 is 67.0 Å². The summed E-state index contributed by atoms with van der Waals surface area (Å²) in [4.78, 5) is 98.6. The monoisotopic (exact) mass is 523 g/mol. The third-order valence-corrected chi connectivity index (χ3v) is 4.89. The molecule has 2 aliphatic heterocycles. The van der Waals surface area contributed by atoms with Crippen molar-refractivity contribution in [1.82, 2.24) is 26.2 Å². The lowest BCUT2D eigenvalue weighted by atomic mass is 10.2. The fourth-order valence-corrected chi connectivity index (χ4v) is 2.98. The third-order valence-electron chi connectivity index (χ3n) is 4.89. The number of hydrogen-bond donors (Lipinski definition) is 5. The summed E-state index contributed by atoms with van der Waals surface area (Å²) < 4.78 is 0.504. The van der Waals surface area contributed by atoms with Crippen molar-refractivity contribution in [3.63, 3.8) is 0 Å². The topological polar surface area (TPSA) is 220 Å². The minimum Gasteiger partial charge on any atom is -0.460 e. The van der Waals surface area contributed by atoms with Crippen molar-refractivity contribution in [2.75, 3.05) is 32.7 Å². The van der Waals surface area contributed by atoms with E-state index in [1.807, 2.05) is 0 Å². The lowest BCUT2D eigenvalue weighted by Gasteiger charge is -2.13. The zero-order valence-electron chi connectivity index (χ0n) is 19.7. The zero-order chi connectivity index (χ0) is 27.4. The first kappa shape index (κ1) is 28.6. The third kappa shape index (κ3) is 9.87. The molecule has 5 N–H and O–H groups in total. The number of aliphatic hydroxyl groups excluding tert-OH is 1. The van der Waals surface area contributed by atoms with Gasteiger partial charge in [-0.15, -0.1) is 0 Å². The number of amides is 7. The minimum atomic E-state index is -0.852. The SMILES string of the molecule is O=C(CCCN1C(=O)C=CC1=O)NCC(=O)NCC(=O)NCC(=O)NCCC(=O)O[N+]1=C(O)CCC1=O. The Balaban J connectivity index is 1.49. The predicted molar refractivity (Wildman–Crippen MR) is 120 cm³/mol. The Kier molecular flexibility index (Phi) is 10.9. The molecule has 2 aliphatic rings. The normalized spacial score (nSPS) is 14.6. The van der Waals surface area contributed by atoms with Gasteiger partial charge in [0.15, 0.2) is 0 Å². The van der Waals surface area contributed by atoms with Crippen molar-refractivity contribution in [2.45, 2.75) is 32.1 Å². The summed E-state index contributed by atoms with van der Waals surface area (Å²) in [5.41, 5.74) is 0. The molecule has 16 heteroatoms. The first-order valence-electron chi connectivity index (χ1n) is 11.3. The second-order valence-electron chi connectivity index (χ2n) is 7.76. The zero-order valence-corrected chi connectivity index (χ0v) is 19.7. The van der Waals surface area contributed by atoms with Crippen LogP contribution in [0.2, 0.25) is 0 Å². The lowest BCUT2D eigenvalue weighted by molar-refractivity contribution is -0.694. The van der Waals surface area contributed by atoms with E-state index in [9.17, 15) is 43.5 Å². The van der Waals surface area contributed by atoms with Crippen LogP contribution in [0.3, 0.4) is 0 Å². The molecular formula is C21H27N6O10+. The van der Waals surface area contributed by atoms with Crippen LogP contribution in [0.15, 0.2) is 12.2 Å². The number of nitrogens with zero attached hydrogens (tertiary/aromatic N) is 2. The van der Waals surface area contributed by atoms with E-state index in [-0.39, 0.29) is 51.1 Å². The van der Waals surface area contributed by atoms with Gasteiger partial charge in [-0.05, 0) is 6.42 Å². The van der Waals surface area contributed by atoms with Gasteiger partial charge in [-0.3, -0.25) is 33.7 Å². The fraction of sp³-hybridized carbons (Fsp3) is 0.476. The van der Waals surface area contributed by atoms with Gasteiger partial charge in [-0.1, -0.05) is 0 Å². The van der Waals surface area contributed by atoms with E-state index in [0.717, 1.165) is 17.1 Å². The van der Waals surface area contributed by atoms with E-state index in [1.165, 1.54) is 0 Å². The summed E-state index contributed by atoms with van der Waals surface area (Å²) in [6.45, 7) is -1.36. The van der Waals surface area contributed by atoms with Gasteiger partial charge in [0.1, 0.15) is 0 Å². The molecule has 2 rings (SSSR count). The van der Waals surface area contributed by atoms with Crippen molar-refractivity contribution in [2.24, 2.45) is 0 Å². The maximum absolute atomic E-state index is 11.8. The average Bonchev–Trinajstić information content (AvgIpc) is 3.35. The van der Waals surface area contributed by atoms with Crippen LogP contribution in [0, 0.1) is 0 Å². The molecule has 0 radical (unpaired) electrons. The summed E-state index contributed by atoms with van der Waals surface area (Å²) in [6, 6.07) is 0. The smallest absolute Gasteiger partial charge is 0.439 e. The van der Waals surface area contributed by atoms with Crippen LogP contribution in [-0.2, 0) is 43.2 Å². The molecular weight excluding hydrogens is 496 g/mol. The lowest BCUT2D eigenvalue weighted by Crippen LogP contribution is -2.44. The number of rotatable bonds is 14. The molecule has 0 saturated carbocycles. The summed E-state index contributed by atoms with van der Waals surface area (Å²) >= 11 is 0. The van der Waals surface area contributed by atoms with Crippen LogP contribution < -0.4 is 21.3 Å². The number of carbonyl (C=O) groups is 8. The van der Waals surface area contributed by atoms with Crippen molar-refractivity contribution in [1.29, 1.82) is 0 Å². The molecule has 0 bridgehead atoms. The summed E-state index contributed by atoms with van der Waals surface area (Å²) in [7, 11) is 0. The van der Waals surface area contributed by atoms with Crippen LogP contribution >= 0.6 is 0 Å². The van der Waals surface area contributed by atoms with Crippen LogP contribution in [0.25, 0.3) is 0 Å². The van der Waals surface area contributed by atoms with Crippen molar-refractivity contribution < 1.29 is 53.0 Å². The van der Waals surface area contributed by atoms with E-state index >= 15 is 0 Å². The van der Waals surface area contributed by atoms with Gasteiger partial charge in [-0.2, -0.15) is 4.84 Å². The summed E-state index contributed by atoms with van der Waals surface area (Å²) in [5.74, 6) is -5.11. The Hall–Kier alpha value is -4.63. The van der Waals surface area contributed by atoms with Gasteiger partial charge in [0.05, 0.1) is 43.6 Å². The number of hydrogen-bond acceptors (Lipinski definition) is 9. The molecule has 7 amide bonds. The van der Waals surface area contributed by atoms with Crippen LogP contribution in [-0.4, -0.2) is 101 Å². The Bertz CT molecular complexity index is 1030. The Morgan fingerprint density at radius 3 is 1.89 bits per heavy atom. The molecule has 0 aliphatic carbocycles. The number of aliphatic hydroxyl groups is 1. The van der Waals surface area contributed by atoms with E-state index in [2.05, 4.69) is 21.3 Å². The number of imide groups is 1. The summed E-state index contributed by atoms with van der Waals surface area (Å²) in [6.07, 6.45) is 2.29. The molecule has 0 aromatic heterocycles. The highest BCUT2D eigenvalue weighted by molar-refractivity contribution is 6.12. The molecule has 0 atom stereocenters. The van der Waals surface area contributed by atoms with Gasteiger partial charge >= 0.3 is 17.8 Å². The quantitative estimate of drug-likeness (QED) is 0.0851. The molecule has 2 heterocycles. The molecule has 0 saturated heterocycles. The van der Waals surface area contributed by atoms with Crippen LogP contribution in [0.1, 0.15) is 32.1 Å². The Morgan fingerprint density at radius 1 is 0.811 bits per heavy atom. The van der Waals surface area contributed by atoms with E-state index in [0.29, 0.717) is 4.74 Å². The fourth-order valence-electron chi connectivity index (χ4n) is 2.98. The van der Waals surface area contributed by atoms with Gasteiger partial charge in [0.25, 0.3) is 11.8 Å². The maximum Gasteiger partial charge on any atom is 0.439 e. The second-order valence-corrected chi connectivity index (χ2v) is 7.76. The second kappa shape index (κ2) is 14.1. The highest BCUT2D eigenvalue weighted by Crippen LogP contribution is 2.06. The molecule has 200 valence electrons. The number of hydroxylamine groups is 1. The van der Waals surface area contributed by atoms with Crippen molar-refractivity contribution in [3.05, 3.63) is 12.2 Å². The number of nitrogens with one attached hydrogen (secondary N) is 4. The first-order chi connectivity index (χ1) is 17.6. The molecule has 16 nitrogen and oxygen atoms in total. The highest BCUT2D eigenvalue weighted by atomic mass is 16.7. The van der Waals surface area contributed by atoms with Gasteiger partial charge in [0.2, 0.25) is 23.6 Å². The predicted octanol–water partition coefficient (Wildman–Crippen LogP) is -3.71.